The molecular weight excluding hydrogens is 360 g/mol. The summed E-state index contributed by atoms with van der Waals surface area (Å²) in [5.74, 6) is 1.85. The fraction of sp³-hybridized carbons (Fsp3) is 0.455. The normalized spacial score (nSPS) is 12.5. The fourth-order valence-electron chi connectivity index (χ4n) is 3.65. The van der Waals surface area contributed by atoms with Crippen LogP contribution in [0.3, 0.4) is 0 Å². The average molecular weight is 391 g/mol. The molecule has 4 heteroatoms. The molecule has 0 N–H and O–H groups in total. The minimum atomic E-state index is -1.02. The van der Waals surface area contributed by atoms with E-state index in [2.05, 4.69) is 66.7 Å². The van der Waals surface area contributed by atoms with Gasteiger partial charge in [0.2, 0.25) is 0 Å². The summed E-state index contributed by atoms with van der Waals surface area (Å²) in [4.78, 5) is 1.14. The Hall–Kier alpha value is -1.26. The third-order valence-corrected chi connectivity index (χ3v) is 7.72. The lowest BCUT2D eigenvalue weighted by Crippen LogP contribution is -2.05. The highest BCUT2D eigenvalue weighted by atomic mass is 33.1. The maximum atomic E-state index is 13.0. The molecule has 0 aliphatic carbocycles. The van der Waals surface area contributed by atoms with Gasteiger partial charge in [0, 0.05) is 4.90 Å². The van der Waals surface area contributed by atoms with E-state index in [1.807, 2.05) is 0 Å². The summed E-state index contributed by atoms with van der Waals surface area (Å²) >= 11 is 0. The van der Waals surface area contributed by atoms with Gasteiger partial charge in [0.25, 0.3) is 0 Å². The molecule has 0 fully saturated rings. The van der Waals surface area contributed by atoms with Crippen molar-refractivity contribution in [2.75, 3.05) is 7.11 Å². The highest BCUT2D eigenvalue weighted by Gasteiger charge is 2.19. The van der Waals surface area contributed by atoms with Crippen LogP contribution in [0.2, 0.25) is 0 Å². The minimum Gasteiger partial charge on any atom is -0.496 e. The summed E-state index contributed by atoms with van der Waals surface area (Å²) in [6.45, 7) is 14.9. The van der Waals surface area contributed by atoms with Crippen molar-refractivity contribution in [1.82, 2.24) is 0 Å². The second-order valence-corrected chi connectivity index (χ2v) is 10.4. The second kappa shape index (κ2) is 8.62. The number of ether oxygens (including phenoxy) is 1. The molecule has 2 rings (SSSR count). The first-order valence-electron chi connectivity index (χ1n) is 8.97. The van der Waals surface area contributed by atoms with Gasteiger partial charge in [-0.1, -0.05) is 31.5 Å². The molecule has 2 nitrogen and oxygen atoms in total. The van der Waals surface area contributed by atoms with E-state index in [9.17, 15) is 4.21 Å². The summed E-state index contributed by atoms with van der Waals surface area (Å²) in [5.41, 5.74) is 8.41. The highest BCUT2D eigenvalue weighted by Crippen LogP contribution is 2.37. The standard InChI is InChI=1S/C22H30O2S2/c1-13(2)21-18(7)19(15(4)11-20(21)24-8)12-26(23)25-22-16(5)9-14(3)10-17(22)6/h9-11,13H,12H2,1-8H3. The number of benzene rings is 2. The zero-order valence-corrected chi connectivity index (χ0v) is 18.8. The minimum absolute atomic E-state index is 0.368. The summed E-state index contributed by atoms with van der Waals surface area (Å²) < 4.78 is 18.5. The molecule has 0 saturated carbocycles. The van der Waals surface area contributed by atoms with Gasteiger partial charge in [-0.2, -0.15) is 0 Å². The molecule has 0 heterocycles. The van der Waals surface area contributed by atoms with Gasteiger partial charge in [-0.15, -0.1) is 0 Å². The average Bonchev–Trinajstić information content (AvgIpc) is 2.53. The molecule has 1 atom stereocenters. The Bertz CT molecular complexity index is 816. The lowest BCUT2D eigenvalue weighted by atomic mass is 9.91. The Morgan fingerprint density at radius 1 is 1.00 bits per heavy atom. The molecule has 2 aromatic carbocycles. The van der Waals surface area contributed by atoms with Crippen LogP contribution in [0, 0.1) is 34.6 Å². The van der Waals surface area contributed by atoms with Crippen molar-refractivity contribution in [2.45, 2.75) is 65.0 Å². The topological polar surface area (TPSA) is 26.3 Å². The number of hydrogen-bond acceptors (Lipinski definition) is 3. The van der Waals surface area contributed by atoms with E-state index in [0.29, 0.717) is 11.7 Å². The van der Waals surface area contributed by atoms with E-state index in [-0.39, 0.29) is 0 Å². The van der Waals surface area contributed by atoms with E-state index < -0.39 is 9.83 Å². The van der Waals surface area contributed by atoms with Crippen LogP contribution in [-0.4, -0.2) is 11.3 Å². The molecular formula is C22H30O2S2. The van der Waals surface area contributed by atoms with Gasteiger partial charge in [-0.3, -0.25) is 0 Å². The van der Waals surface area contributed by atoms with Gasteiger partial charge in [-0.05, 0) is 90.8 Å². The van der Waals surface area contributed by atoms with Crippen LogP contribution in [0.25, 0.3) is 0 Å². The smallest absolute Gasteiger partial charge is 0.122 e. The van der Waals surface area contributed by atoms with Gasteiger partial charge in [-0.25, -0.2) is 4.21 Å². The third-order valence-electron chi connectivity index (χ3n) is 4.79. The first kappa shape index (κ1) is 21.0. The molecule has 0 aliphatic heterocycles. The SMILES string of the molecule is COc1cc(C)c(CS(=O)Sc2c(C)cc(C)cc2C)c(C)c1C(C)C. The summed E-state index contributed by atoms with van der Waals surface area (Å²) in [6, 6.07) is 6.41. The lowest BCUT2D eigenvalue weighted by Gasteiger charge is -2.20. The van der Waals surface area contributed by atoms with Crippen LogP contribution in [0.1, 0.15) is 58.7 Å². The number of methoxy groups -OCH3 is 1. The predicted octanol–water partition coefficient (Wildman–Crippen LogP) is 6.32. The largest absolute Gasteiger partial charge is 0.496 e. The molecule has 0 saturated heterocycles. The molecule has 142 valence electrons. The van der Waals surface area contributed by atoms with Gasteiger partial charge in [0.15, 0.2) is 0 Å². The molecule has 2 aromatic rings. The molecule has 0 bridgehead atoms. The van der Waals surface area contributed by atoms with Gasteiger partial charge >= 0.3 is 0 Å². The molecule has 0 aromatic heterocycles. The number of hydrogen-bond donors (Lipinski definition) is 0. The first-order chi connectivity index (χ1) is 12.1. The van der Waals surface area contributed by atoms with E-state index >= 15 is 0 Å². The van der Waals surface area contributed by atoms with E-state index in [1.54, 1.807) is 7.11 Å². The van der Waals surface area contributed by atoms with Crippen molar-refractivity contribution in [2.24, 2.45) is 0 Å². The summed E-state index contributed by atoms with van der Waals surface area (Å²) in [7, 11) is 2.18. The third kappa shape index (κ3) is 4.52. The van der Waals surface area contributed by atoms with E-state index in [0.717, 1.165) is 16.2 Å². The Labute approximate surface area is 164 Å². The van der Waals surface area contributed by atoms with Crippen molar-refractivity contribution in [3.05, 3.63) is 57.1 Å². The maximum Gasteiger partial charge on any atom is 0.122 e. The quantitative estimate of drug-likeness (QED) is 0.540. The van der Waals surface area contributed by atoms with Crippen LogP contribution in [0.15, 0.2) is 23.1 Å². The molecule has 0 radical (unpaired) electrons. The van der Waals surface area contributed by atoms with Crippen LogP contribution in [0.5, 0.6) is 5.75 Å². The Morgan fingerprint density at radius 2 is 1.58 bits per heavy atom. The summed E-state index contributed by atoms with van der Waals surface area (Å²) in [6.07, 6.45) is 0. The highest BCUT2D eigenvalue weighted by molar-refractivity contribution is 8.68. The van der Waals surface area contributed by atoms with Crippen LogP contribution < -0.4 is 4.74 Å². The first-order valence-corrected chi connectivity index (χ1v) is 11.6. The van der Waals surface area contributed by atoms with Crippen molar-refractivity contribution in [1.29, 1.82) is 0 Å². The molecule has 26 heavy (non-hydrogen) atoms. The number of rotatable bonds is 6. The van der Waals surface area contributed by atoms with Crippen LogP contribution in [-0.2, 0) is 15.6 Å². The Balaban J connectivity index is 2.34. The fourth-order valence-corrected chi connectivity index (χ4v) is 6.83. The van der Waals surface area contributed by atoms with Gasteiger partial charge in [0.05, 0.1) is 22.7 Å². The van der Waals surface area contributed by atoms with Crippen molar-refractivity contribution in [3.63, 3.8) is 0 Å². The Kier molecular flexibility index (Phi) is 6.98. The second-order valence-electron chi connectivity index (χ2n) is 7.33. The van der Waals surface area contributed by atoms with Crippen molar-refractivity contribution < 1.29 is 8.95 Å². The van der Waals surface area contributed by atoms with E-state index in [4.69, 9.17) is 4.74 Å². The number of aryl methyl sites for hydroxylation is 4. The zero-order chi connectivity index (χ0) is 19.6. The van der Waals surface area contributed by atoms with Crippen molar-refractivity contribution >= 4 is 20.6 Å². The zero-order valence-electron chi connectivity index (χ0n) is 17.1. The van der Waals surface area contributed by atoms with Gasteiger partial charge < -0.3 is 4.74 Å². The molecule has 1 unspecified atom stereocenters. The molecule has 0 aliphatic rings. The predicted molar refractivity (Wildman–Crippen MR) is 115 cm³/mol. The monoisotopic (exact) mass is 390 g/mol. The molecule has 0 spiro atoms. The lowest BCUT2D eigenvalue weighted by molar-refractivity contribution is 0.406. The van der Waals surface area contributed by atoms with E-state index in [1.165, 1.54) is 44.2 Å². The van der Waals surface area contributed by atoms with Crippen LogP contribution >= 0.6 is 10.8 Å². The Morgan fingerprint density at radius 3 is 2.08 bits per heavy atom. The van der Waals surface area contributed by atoms with Crippen LogP contribution in [0.4, 0.5) is 0 Å². The van der Waals surface area contributed by atoms with Crippen molar-refractivity contribution in [3.8, 4) is 5.75 Å². The summed E-state index contributed by atoms with van der Waals surface area (Å²) in [5, 5.41) is 0. The van der Waals surface area contributed by atoms with Gasteiger partial charge in [0.1, 0.15) is 5.75 Å². The molecule has 0 amide bonds. The maximum absolute atomic E-state index is 13.0.